The number of hydrogen-bond donors (Lipinski definition) is 1. The van der Waals surface area contributed by atoms with Crippen LogP contribution in [0.2, 0.25) is 0 Å². The number of carbonyl (C=O) groups is 1. The van der Waals surface area contributed by atoms with Gasteiger partial charge in [-0.15, -0.1) is 0 Å². The van der Waals surface area contributed by atoms with E-state index in [9.17, 15) is 4.79 Å². The molecule has 0 aliphatic carbocycles. The molecule has 4 nitrogen and oxygen atoms in total. The average Bonchev–Trinajstić information content (AvgIpc) is 3.23. The van der Waals surface area contributed by atoms with E-state index in [1.54, 1.807) is 0 Å². The van der Waals surface area contributed by atoms with Crippen molar-refractivity contribution in [1.82, 2.24) is 10.2 Å². The second kappa shape index (κ2) is 6.56. The lowest BCUT2D eigenvalue weighted by atomic mass is 10.0. The fraction of sp³-hybridized carbons (Fsp3) is 0.350. The zero-order valence-corrected chi connectivity index (χ0v) is 13.7. The average molecular weight is 322 g/mol. The Labute approximate surface area is 142 Å². The van der Waals surface area contributed by atoms with E-state index in [1.165, 1.54) is 5.56 Å². The van der Waals surface area contributed by atoms with Crippen molar-refractivity contribution in [1.29, 1.82) is 0 Å². The van der Waals surface area contributed by atoms with E-state index in [1.807, 2.05) is 35.2 Å². The maximum Gasteiger partial charge on any atom is 0.318 e. The molecule has 2 atom stereocenters. The predicted molar refractivity (Wildman–Crippen MR) is 93.1 cm³/mol. The summed E-state index contributed by atoms with van der Waals surface area (Å²) in [6.07, 6.45) is 3.06. The molecule has 2 aromatic rings. The number of likely N-dealkylation sites (tertiary alicyclic amines) is 1. The summed E-state index contributed by atoms with van der Waals surface area (Å²) < 4.78 is 5.66. The quantitative estimate of drug-likeness (QED) is 0.939. The van der Waals surface area contributed by atoms with Crippen LogP contribution in [-0.4, -0.2) is 30.1 Å². The van der Waals surface area contributed by atoms with Gasteiger partial charge in [-0.2, -0.15) is 0 Å². The smallest absolute Gasteiger partial charge is 0.318 e. The minimum atomic E-state index is -0.0494. The van der Waals surface area contributed by atoms with Crippen LogP contribution in [0.25, 0.3) is 0 Å². The molecule has 2 amide bonds. The number of urea groups is 1. The lowest BCUT2D eigenvalue weighted by molar-refractivity contribution is 0.185. The van der Waals surface area contributed by atoms with Gasteiger partial charge in [0.05, 0.1) is 6.04 Å². The van der Waals surface area contributed by atoms with Gasteiger partial charge < -0.3 is 15.0 Å². The number of nitrogens with one attached hydrogen (secondary N) is 1. The molecule has 2 aliphatic rings. The molecule has 1 fully saturated rings. The minimum Gasteiger partial charge on any atom is -0.491 e. The van der Waals surface area contributed by atoms with Gasteiger partial charge in [-0.1, -0.05) is 48.5 Å². The minimum absolute atomic E-state index is 0.0266. The first-order valence-corrected chi connectivity index (χ1v) is 8.64. The zero-order chi connectivity index (χ0) is 16.4. The molecule has 1 N–H and O–H groups in total. The van der Waals surface area contributed by atoms with Crippen molar-refractivity contribution < 1.29 is 9.53 Å². The first-order chi connectivity index (χ1) is 11.8. The summed E-state index contributed by atoms with van der Waals surface area (Å²) in [5, 5.41) is 3.15. The summed E-state index contributed by atoms with van der Waals surface area (Å²) in [5.41, 5.74) is 2.36. The first kappa shape index (κ1) is 15.1. The van der Waals surface area contributed by atoms with Gasteiger partial charge in [0, 0.05) is 18.2 Å². The van der Waals surface area contributed by atoms with E-state index in [4.69, 9.17) is 4.74 Å². The molecule has 0 aromatic heterocycles. The fourth-order valence-corrected chi connectivity index (χ4v) is 3.72. The van der Waals surface area contributed by atoms with Crippen molar-refractivity contribution in [2.45, 2.75) is 31.3 Å². The van der Waals surface area contributed by atoms with Gasteiger partial charge in [-0.05, 0) is 30.9 Å². The summed E-state index contributed by atoms with van der Waals surface area (Å²) in [7, 11) is 0. The normalized spacial score (nSPS) is 22.1. The highest BCUT2D eigenvalue weighted by Crippen LogP contribution is 2.32. The molecule has 2 heterocycles. The molecule has 2 unspecified atom stereocenters. The van der Waals surface area contributed by atoms with Crippen LogP contribution in [0.3, 0.4) is 0 Å². The molecular formula is C20H22N2O2. The van der Waals surface area contributed by atoms with E-state index >= 15 is 0 Å². The molecule has 0 bridgehead atoms. The maximum absolute atomic E-state index is 12.8. The Balaban J connectivity index is 1.42. The van der Waals surface area contributed by atoms with Gasteiger partial charge in [-0.3, -0.25) is 0 Å². The van der Waals surface area contributed by atoms with Gasteiger partial charge in [0.25, 0.3) is 0 Å². The molecule has 0 spiro atoms. The van der Waals surface area contributed by atoms with E-state index in [-0.39, 0.29) is 18.1 Å². The van der Waals surface area contributed by atoms with E-state index < -0.39 is 0 Å². The van der Waals surface area contributed by atoms with Gasteiger partial charge in [0.2, 0.25) is 0 Å². The van der Waals surface area contributed by atoms with Crippen LogP contribution in [0.5, 0.6) is 5.75 Å². The summed E-state index contributed by atoms with van der Waals surface area (Å²) in [6, 6.07) is 18.6. The third-order valence-corrected chi connectivity index (χ3v) is 4.95. The fourth-order valence-electron chi connectivity index (χ4n) is 3.72. The molecular weight excluding hydrogens is 300 g/mol. The van der Waals surface area contributed by atoms with Crippen LogP contribution < -0.4 is 10.1 Å². The van der Waals surface area contributed by atoms with Crippen molar-refractivity contribution >= 4 is 6.03 Å². The molecule has 2 aromatic carbocycles. The van der Waals surface area contributed by atoms with E-state index in [2.05, 4.69) is 29.6 Å². The highest BCUT2D eigenvalue weighted by atomic mass is 16.5. The molecule has 0 saturated carbocycles. The standard InChI is InChI=1S/C20H22N2O2/c23-20(21-18-14-24-19-11-5-4-10-17(18)19)22-12-6-9-16(22)13-15-7-2-1-3-8-15/h1-5,7-8,10-11,16,18H,6,9,12-14H2,(H,21,23). The molecule has 4 heteroatoms. The molecule has 1 saturated heterocycles. The largest absolute Gasteiger partial charge is 0.491 e. The van der Waals surface area contributed by atoms with Crippen LogP contribution in [0.4, 0.5) is 4.79 Å². The monoisotopic (exact) mass is 322 g/mol. The Kier molecular flexibility index (Phi) is 4.11. The number of nitrogens with zero attached hydrogens (tertiary/aromatic N) is 1. The molecule has 0 radical (unpaired) electrons. The molecule has 124 valence electrons. The predicted octanol–water partition coefficient (Wildman–Crippen LogP) is 3.54. The Morgan fingerprint density at radius 3 is 2.79 bits per heavy atom. The Morgan fingerprint density at radius 1 is 1.12 bits per heavy atom. The lowest BCUT2D eigenvalue weighted by Crippen LogP contribution is -2.45. The SMILES string of the molecule is O=C(NC1COc2ccccc21)N1CCCC1Cc1ccccc1. The number of hydrogen-bond acceptors (Lipinski definition) is 2. The summed E-state index contributed by atoms with van der Waals surface area (Å²) in [6.45, 7) is 1.35. The van der Waals surface area contributed by atoms with Crippen molar-refractivity contribution in [3.8, 4) is 5.75 Å². The van der Waals surface area contributed by atoms with Crippen LogP contribution in [0.1, 0.15) is 30.0 Å². The Bertz CT molecular complexity index is 717. The van der Waals surface area contributed by atoms with Crippen LogP contribution in [0, 0.1) is 0 Å². The summed E-state index contributed by atoms with van der Waals surface area (Å²) >= 11 is 0. The summed E-state index contributed by atoms with van der Waals surface area (Å²) in [4.78, 5) is 14.8. The first-order valence-electron chi connectivity index (χ1n) is 8.64. The maximum atomic E-state index is 12.8. The van der Waals surface area contributed by atoms with Crippen LogP contribution in [-0.2, 0) is 6.42 Å². The topological polar surface area (TPSA) is 41.6 Å². The Morgan fingerprint density at radius 2 is 1.92 bits per heavy atom. The number of ether oxygens (including phenoxy) is 1. The zero-order valence-electron chi connectivity index (χ0n) is 13.7. The highest BCUT2D eigenvalue weighted by Gasteiger charge is 2.32. The third kappa shape index (κ3) is 2.96. The number of fused-ring (bicyclic) bond motifs is 1. The van der Waals surface area contributed by atoms with Crippen molar-refractivity contribution in [2.24, 2.45) is 0 Å². The van der Waals surface area contributed by atoms with Crippen LogP contribution >= 0.6 is 0 Å². The van der Waals surface area contributed by atoms with Gasteiger partial charge >= 0.3 is 6.03 Å². The second-order valence-corrected chi connectivity index (χ2v) is 6.53. The lowest BCUT2D eigenvalue weighted by Gasteiger charge is -2.26. The van der Waals surface area contributed by atoms with Crippen molar-refractivity contribution in [3.05, 3.63) is 65.7 Å². The number of carbonyl (C=O) groups excluding carboxylic acids is 1. The molecule has 2 aliphatic heterocycles. The Hall–Kier alpha value is -2.49. The number of amides is 2. The van der Waals surface area contributed by atoms with Gasteiger partial charge in [0.1, 0.15) is 12.4 Å². The van der Waals surface area contributed by atoms with Crippen molar-refractivity contribution in [3.63, 3.8) is 0 Å². The van der Waals surface area contributed by atoms with Crippen molar-refractivity contribution in [2.75, 3.05) is 13.2 Å². The van der Waals surface area contributed by atoms with Gasteiger partial charge in [0.15, 0.2) is 0 Å². The van der Waals surface area contributed by atoms with E-state index in [0.29, 0.717) is 6.61 Å². The van der Waals surface area contributed by atoms with Crippen LogP contribution in [0.15, 0.2) is 54.6 Å². The van der Waals surface area contributed by atoms with Gasteiger partial charge in [-0.25, -0.2) is 4.79 Å². The number of rotatable bonds is 3. The molecule has 24 heavy (non-hydrogen) atoms. The summed E-state index contributed by atoms with van der Waals surface area (Å²) in [5.74, 6) is 0.880. The number of benzene rings is 2. The van der Waals surface area contributed by atoms with E-state index in [0.717, 1.165) is 37.1 Å². The third-order valence-electron chi connectivity index (χ3n) is 4.95. The molecule has 4 rings (SSSR count). The number of para-hydroxylation sites is 1. The highest BCUT2D eigenvalue weighted by molar-refractivity contribution is 5.75. The second-order valence-electron chi connectivity index (χ2n) is 6.53.